The van der Waals surface area contributed by atoms with Gasteiger partial charge in [-0.25, -0.2) is 4.39 Å². The summed E-state index contributed by atoms with van der Waals surface area (Å²) < 4.78 is 24.5. The summed E-state index contributed by atoms with van der Waals surface area (Å²) in [4.78, 5) is 12.4. The molecule has 0 aliphatic carbocycles. The molecule has 0 spiro atoms. The molecule has 102 valence electrons. The van der Waals surface area contributed by atoms with Crippen molar-refractivity contribution in [3.63, 3.8) is 0 Å². The Morgan fingerprint density at radius 1 is 1.05 bits per heavy atom. The van der Waals surface area contributed by atoms with Crippen LogP contribution in [0.5, 0.6) is 11.5 Å². The number of hydrogen-bond donors (Lipinski definition) is 0. The lowest BCUT2D eigenvalue weighted by atomic mass is 10.0. The van der Waals surface area contributed by atoms with E-state index in [1.54, 1.807) is 18.2 Å². The molecule has 2 aromatic rings. The molecule has 5 heteroatoms. The fourth-order valence-electron chi connectivity index (χ4n) is 2.01. The van der Waals surface area contributed by atoms with Crippen molar-refractivity contribution in [2.24, 2.45) is 0 Å². The number of hydrogen-bond acceptors (Lipinski definition) is 3. The van der Waals surface area contributed by atoms with E-state index in [1.165, 1.54) is 18.2 Å². The molecule has 1 aliphatic heterocycles. The Morgan fingerprint density at radius 3 is 2.55 bits per heavy atom. The van der Waals surface area contributed by atoms with E-state index >= 15 is 0 Å². The van der Waals surface area contributed by atoms with Crippen LogP contribution in [0.1, 0.15) is 15.9 Å². The molecule has 0 fully saturated rings. The number of carbonyl (C=O) groups is 1. The Balaban J connectivity index is 1.98. The molecule has 0 aromatic heterocycles. The van der Waals surface area contributed by atoms with Crippen molar-refractivity contribution in [1.82, 2.24) is 0 Å². The minimum atomic E-state index is -0.354. The molecule has 0 saturated carbocycles. The first kappa shape index (κ1) is 13.4. The van der Waals surface area contributed by atoms with E-state index in [2.05, 4.69) is 0 Å². The molecule has 0 saturated heterocycles. The van der Waals surface area contributed by atoms with Gasteiger partial charge in [-0.3, -0.25) is 4.79 Å². The second kappa shape index (κ2) is 5.40. The number of halogens is 2. The van der Waals surface area contributed by atoms with Gasteiger partial charge in [-0.1, -0.05) is 0 Å². The smallest absolute Gasteiger partial charge is 0.194 e. The third-order valence-corrected chi connectivity index (χ3v) is 3.87. The van der Waals surface area contributed by atoms with Gasteiger partial charge in [0.15, 0.2) is 17.3 Å². The van der Waals surface area contributed by atoms with Gasteiger partial charge in [-0.2, -0.15) is 0 Å². The molecule has 2 aromatic carbocycles. The van der Waals surface area contributed by atoms with Crippen LogP contribution in [-0.2, 0) is 0 Å². The molecule has 0 bridgehead atoms. The highest BCUT2D eigenvalue weighted by atomic mass is 127. The van der Waals surface area contributed by atoms with Crippen molar-refractivity contribution in [2.75, 3.05) is 13.2 Å². The standard InChI is InChI=1S/C15H10FIO3/c16-10-2-3-11(12(17)8-10)15(18)9-1-4-13-14(7-9)20-6-5-19-13/h1-4,7-8H,5-6H2. The molecule has 20 heavy (non-hydrogen) atoms. The molecule has 0 radical (unpaired) electrons. The highest BCUT2D eigenvalue weighted by molar-refractivity contribution is 14.1. The van der Waals surface area contributed by atoms with E-state index in [4.69, 9.17) is 9.47 Å². The van der Waals surface area contributed by atoms with Gasteiger partial charge in [-0.15, -0.1) is 0 Å². The topological polar surface area (TPSA) is 35.5 Å². The van der Waals surface area contributed by atoms with Crippen molar-refractivity contribution in [3.05, 3.63) is 56.9 Å². The first-order valence-corrected chi connectivity index (χ1v) is 7.12. The summed E-state index contributed by atoms with van der Waals surface area (Å²) in [5.74, 6) is 0.695. The van der Waals surface area contributed by atoms with Gasteiger partial charge in [0.25, 0.3) is 0 Å². The van der Waals surface area contributed by atoms with Gasteiger partial charge < -0.3 is 9.47 Å². The van der Waals surface area contributed by atoms with Crippen LogP contribution in [-0.4, -0.2) is 19.0 Å². The molecule has 1 heterocycles. The van der Waals surface area contributed by atoms with Crippen molar-refractivity contribution in [1.29, 1.82) is 0 Å². The number of benzene rings is 2. The lowest BCUT2D eigenvalue weighted by molar-refractivity contribution is 0.103. The van der Waals surface area contributed by atoms with Crippen LogP contribution in [0.15, 0.2) is 36.4 Å². The fraction of sp³-hybridized carbons (Fsp3) is 0.133. The lowest BCUT2D eigenvalue weighted by Crippen LogP contribution is -2.16. The third-order valence-electron chi connectivity index (χ3n) is 2.98. The van der Waals surface area contributed by atoms with Gasteiger partial charge in [0.2, 0.25) is 0 Å². The molecular weight excluding hydrogens is 374 g/mol. The summed E-state index contributed by atoms with van der Waals surface area (Å²) in [5, 5.41) is 0. The van der Waals surface area contributed by atoms with E-state index in [-0.39, 0.29) is 11.6 Å². The Hall–Kier alpha value is -1.63. The second-order valence-corrected chi connectivity index (χ2v) is 5.47. The van der Waals surface area contributed by atoms with Crippen LogP contribution < -0.4 is 9.47 Å². The average molecular weight is 384 g/mol. The predicted octanol–water partition coefficient (Wildman–Crippen LogP) is 3.43. The van der Waals surface area contributed by atoms with E-state index in [1.807, 2.05) is 22.6 Å². The fourth-order valence-corrected chi connectivity index (χ4v) is 2.74. The maximum absolute atomic E-state index is 13.1. The summed E-state index contributed by atoms with van der Waals surface area (Å²) in [5.41, 5.74) is 0.974. The van der Waals surface area contributed by atoms with Gasteiger partial charge in [0.1, 0.15) is 19.0 Å². The molecule has 0 atom stereocenters. The lowest BCUT2D eigenvalue weighted by Gasteiger charge is -2.18. The third kappa shape index (κ3) is 2.49. The summed E-state index contributed by atoms with van der Waals surface area (Å²) in [7, 11) is 0. The van der Waals surface area contributed by atoms with Crippen LogP contribution in [0, 0.1) is 9.39 Å². The van der Waals surface area contributed by atoms with E-state index in [0.717, 1.165) is 0 Å². The SMILES string of the molecule is O=C(c1ccc2c(c1)OCCO2)c1ccc(F)cc1I. The zero-order valence-corrected chi connectivity index (χ0v) is 12.5. The molecule has 1 aliphatic rings. The van der Waals surface area contributed by atoms with Crippen LogP contribution in [0.4, 0.5) is 4.39 Å². The Labute approximate surface area is 128 Å². The zero-order valence-electron chi connectivity index (χ0n) is 10.4. The monoisotopic (exact) mass is 384 g/mol. The number of rotatable bonds is 2. The Kier molecular flexibility index (Phi) is 3.60. The van der Waals surface area contributed by atoms with Gasteiger partial charge in [0.05, 0.1) is 0 Å². The second-order valence-electron chi connectivity index (χ2n) is 4.31. The first-order chi connectivity index (χ1) is 9.65. The zero-order chi connectivity index (χ0) is 14.1. The van der Waals surface area contributed by atoms with E-state index in [0.29, 0.717) is 39.4 Å². The van der Waals surface area contributed by atoms with E-state index < -0.39 is 0 Å². The summed E-state index contributed by atoms with van der Waals surface area (Å²) in [6.07, 6.45) is 0. The normalized spacial score (nSPS) is 13.1. The number of ketones is 1. The molecule has 3 nitrogen and oxygen atoms in total. The Morgan fingerprint density at radius 2 is 1.80 bits per heavy atom. The van der Waals surface area contributed by atoms with Gasteiger partial charge >= 0.3 is 0 Å². The summed E-state index contributed by atoms with van der Waals surface area (Å²) in [6.45, 7) is 0.981. The van der Waals surface area contributed by atoms with Crippen LogP contribution in [0.3, 0.4) is 0 Å². The summed E-state index contributed by atoms with van der Waals surface area (Å²) >= 11 is 1.95. The van der Waals surface area contributed by atoms with Crippen LogP contribution in [0.2, 0.25) is 0 Å². The predicted molar refractivity (Wildman–Crippen MR) is 80.0 cm³/mol. The Bertz CT molecular complexity index is 685. The number of ether oxygens (including phenoxy) is 2. The van der Waals surface area contributed by atoms with Gasteiger partial charge in [0, 0.05) is 14.7 Å². The highest BCUT2D eigenvalue weighted by Gasteiger charge is 2.17. The molecule has 3 rings (SSSR count). The highest BCUT2D eigenvalue weighted by Crippen LogP contribution is 2.31. The van der Waals surface area contributed by atoms with Crippen molar-refractivity contribution >= 4 is 28.4 Å². The largest absolute Gasteiger partial charge is 0.486 e. The maximum Gasteiger partial charge on any atom is 0.194 e. The van der Waals surface area contributed by atoms with Gasteiger partial charge in [-0.05, 0) is 59.0 Å². The van der Waals surface area contributed by atoms with Crippen molar-refractivity contribution < 1.29 is 18.7 Å². The minimum absolute atomic E-state index is 0.161. The number of fused-ring (bicyclic) bond motifs is 1. The number of carbonyl (C=O) groups excluding carboxylic acids is 1. The molecule has 0 unspecified atom stereocenters. The van der Waals surface area contributed by atoms with Crippen LogP contribution in [0.25, 0.3) is 0 Å². The molecule has 0 amide bonds. The average Bonchev–Trinajstić information content (AvgIpc) is 2.46. The minimum Gasteiger partial charge on any atom is -0.486 e. The summed E-state index contributed by atoms with van der Waals surface area (Å²) in [6, 6.07) is 9.19. The first-order valence-electron chi connectivity index (χ1n) is 6.04. The quantitative estimate of drug-likeness (QED) is 0.588. The van der Waals surface area contributed by atoms with E-state index in [9.17, 15) is 9.18 Å². The molecule has 0 N–H and O–H groups in total. The van der Waals surface area contributed by atoms with Crippen molar-refractivity contribution in [2.45, 2.75) is 0 Å². The van der Waals surface area contributed by atoms with Crippen LogP contribution >= 0.6 is 22.6 Å². The van der Waals surface area contributed by atoms with Crippen molar-refractivity contribution in [3.8, 4) is 11.5 Å². The maximum atomic E-state index is 13.1. The molecular formula is C15H10FIO3.